The Labute approximate surface area is 189 Å². The number of carbonyl (C=O) groups is 4. The van der Waals surface area contributed by atoms with E-state index in [0.29, 0.717) is 28.5 Å². The van der Waals surface area contributed by atoms with Gasteiger partial charge in [-0.2, -0.15) is 0 Å². The Morgan fingerprint density at radius 2 is 1.70 bits per heavy atom. The second kappa shape index (κ2) is 6.85. The molecule has 2 aromatic carbocycles. The molecule has 1 saturated heterocycles. The van der Waals surface area contributed by atoms with E-state index in [1.165, 1.54) is 6.08 Å². The molecule has 164 valence electrons. The van der Waals surface area contributed by atoms with Gasteiger partial charge in [0, 0.05) is 28.0 Å². The van der Waals surface area contributed by atoms with E-state index >= 15 is 0 Å². The van der Waals surface area contributed by atoms with Crippen LogP contribution in [0.15, 0.2) is 70.8 Å². The monoisotopic (exact) mass is 439 g/mol. The highest BCUT2D eigenvalue weighted by Crippen LogP contribution is 2.55. The Morgan fingerprint density at radius 3 is 2.48 bits per heavy atom. The molecule has 2 amide bonds. The Morgan fingerprint density at radius 1 is 0.939 bits per heavy atom. The lowest BCUT2D eigenvalue weighted by Gasteiger charge is -2.42. The number of carbonyl (C=O) groups excluding carboxylic acids is 4. The number of ketones is 2. The van der Waals surface area contributed by atoms with Crippen LogP contribution in [0.2, 0.25) is 0 Å². The summed E-state index contributed by atoms with van der Waals surface area (Å²) in [6.07, 6.45) is 4.05. The van der Waals surface area contributed by atoms with Crippen LogP contribution < -0.4 is 5.32 Å². The second-order valence-electron chi connectivity index (χ2n) is 9.30. The van der Waals surface area contributed by atoms with Gasteiger partial charge in [0.2, 0.25) is 11.8 Å². The van der Waals surface area contributed by atoms with Crippen molar-refractivity contribution in [1.82, 2.24) is 5.32 Å². The van der Waals surface area contributed by atoms with E-state index in [4.69, 9.17) is 0 Å². The standard InChI is InChI=1S/C27H21NO5/c1-12-10-21(30)19-11-18-16(6-7-17-23(18)27(33)28-26(17)32)22(24(19)25(12)31)15-8-9-20(29)14-5-3-2-4-13(14)15/h2-6,8-10,17-18,22-23,29H,7,11H2,1H3,(H,28,32,33)/t17-,18+,22-,23-/m0/s1. The third-order valence-corrected chi connectivity index (χ3v) is 7.65. The molecular weight excluding hydrogens is 418 g/mol. The molecule has 0 bridgehead atoms. The zero-order chi connectivity index (χ0) is 23.0. The lowest BCUT2D eigenvalue weighted by molar-refractivity contribution is -0.126. The van der Waals surface area contributed by atoms with Crippen LogP contribution in [0.25, 0.3) is 10.8 Å². The number of imide groups is 1. The molecule has 6 heteroatoms. The van der Waals surface area contributed by atoms with E-state index in [1.807, 2.05) is 30.3 Å². The number of benzene rings is 2. The summed E-state index contributed by atoms with van der Waals surface area (Å²) in [5, 5.41) is 14.3. The molecule has 0 aromatic heterocycles. The van der Waals surface area contributed by atoms with Gasteiger partial charge in [-0.15, -0.1) is 0 Å². The zero-order valence-corrected chi connectivity index (χ0v) is 17.9. The van der Waals surface area contributed by atoms with Crippen LogP contribution in [0.5, 0.6) is 5.75 Å². The Balaban J connectivity index is 1.63. The number of phenolic OH excluding ortho intramolecular Hbond substituents is 1. The predicted octanol–water partition coefficient (Wildman–Crippen LogP) is 3.26. The highest BCUT2D eigenvalue weighted by Gasteiger charge is 2.53. The van der Waals surface area contributed by atoms with Gasteiger partial charge in [0.1, 0.15) is 5.75 Å². The van der Waals surface area contributed by atoms with E-state index in [2.05, 4.69) is 5.32 Å². The zero-order valence-electron chi connectivity index (χ0n) is 17.9. The molecule has 0 saturated carbocycles. The van der Waals surface area contributed by atoms with E-state index in [-0.39, 0.29) is 41.5 Å². The Hall–Kier alpha value is -3.80. The lowest BCUT2D eigenvalue weighted by Crippen LogP contribution is -2.39. The number of phenols is 1. The van der Waals surface area contributed by atoms with Crippen molar-refractivity contribution in [2.45, 2.75) is 25.7 Å². The minimum atomic E-state index is -0.549. The highest BCUT2D eigenvalue weighted by atomic mass is 16.3. The number of fused-ring (bicyclic) bond motifs is 4. The summed E-state index contributed by atoms with van der Waals surface area (Å²) in [7, 11) is 0. The van der Waals surface area contributed by atoms with Gasteiger partial charge in [0.25, 0.3) is 0 Å². The van der Waals surface area contributed by atoms with Crippen molar-refractivity contribution in [1.29, 1.82) is 0 Å². The maximum atomic E-state index is 13.4. The molecule has 3 aliphatic carbocycles. The molecule has 2 N–H and O–H groups in total. The van der Waals surface area contributed by atoms with Crippen LogP contribution in [0, 0.1) is 17.8 Å². The summed E-state index contributed by atoms with van der Waals surface area (Å²) in [5.74, 6) is -2.67. The molecule has 1 heterocycles. The average molecular weight is 439 g/mol. The average Bonchev–Trinajstić information content (AvgIpc) is 3.10. The fourth-order valence-corrected chi connectivity index (χ4v) is 6.19. The predicted molar refractivity (Wildman–Crippen MR) is 120 cm³/mol. The quantitative estimate of drug-likeness (QED) is 0.404. The molecule has 1 fully saturated rings. The highest BCUT2D eigenvalue weighted by molar-refractivity contribution is 6.24. The molecule has 6 nitrogen and oxygen atoms in total. The summed E-state index contributed by atoms with van der Waals surface area (Å²) in [6.45, 7) is 1.65. The number of amides is 2. The number of hydrogen-bond donors (Lipinski definition) is 2. The van der Waals surface area contributed by atoms with Crippen molar-refractivity contribution in [2.24, 2.45) is 17.8 Å². The first-order valence-corrected chi connectivity index (χ1v) is 11.1. The molecule has 2 aromatic rings. The number of Topliss-reactive ketones (excluding diaryl/α,β-unsaturated/α-hetero) is 1. The van der Waals surface area contributed by atoms with Crippen LogP contribution in [-0.2, 0) is 19.2 Å². The van der Waals surface area contributed by atoms with E-state index in [1.54, 1.807) is 19.1 Å². The van der Waals surface area contributed by atoms with Crippen molar-refractivity contribution in [3.8, 4) is 5.75 Å². The topological polar surface area (TPSA) is 101 Å². The fraction of sp³-hybridized carbons (Fsp3) is 0.259. The molecule has 6 rings (SSSR count). The molecule has 1 aliphatic heterocycles. The number of aromatic hydroxyl groups is 1. The van der Waals surface area contributed by atoms with Crippen molar-refractivity contribution < 1.29 is 24.3 Å². The van der Waals surface area contributed by atoms with E-state index in [0.717, 1.165) is 16.5 Å². The Bertz CT molecular complexity index is 1410. The minimum Gasteiger partial charge on any atom is -0.507 e. The van der Waals surface area contributed by atoms with Gasteiger partial charge in [-0.25, -0.2) is 0 Å². The van der Waals surface area contributed by atoms with Crippen LogP contribution in [0.3, 0.4) is 0 Å². The van der Waals surface area contributed by atoms with E-state index < -0.39 is 17.8 Å². The second-order valence-corrected chi connectivity index (χ2v) is 9.30. The van der Waals surface area contributed by atoms with Crippen LogP contribution in [0.1, 0.15) is 31.2 Å². The van der Waals surface area contributed by atoms with Gasteiger partial charge >= 0.3 is 0 Å². The molecule has 0 radical (unpaired) electrons. The third kappa shape index (κ3) is 2.67. The largest absolute Gasteiger partial charge is 0.507 e. The summed E-state index contributed by atoms with van der Waals surface area (Å²) in [6, 6.07) is 10.8. The number of nitrogens with one attached hydrogen (secondary N) is 1. The molecule has 0 spiro atoms. The third-order valence-electron chi connectivity index (χ3n) is 7.65. The summed E-state index contributed by atoms with van der Waals surface area (Å²) >= 11 is 0. The van der Waals surface area contributed by atoms with Gasteiger partial charge in [-0.1, -0.05) is 42.0 Å². The molecule has 33 heavy (non-hydrogen) atoms. The first-order chi connectivity index (χ1) is 15.9. The Kier molecular flexibility index (Phi) is 4.12. The molecule has 0 unspecified atom stereocenters. The van der Waals surface area contributed by atoms with Crippen molar-refractivity contribution in [2.75, 3.05) is 0 Å². The maximum Gasteiger partial charge on any atom is 0.231 e. The normalized spacial score (nSPS) is 28.8. The summed E-state index contributed by atoms with van der Waals surface area (Å²) in [5.41, 5.74) is 3.01. The SMILES string of the molecule is CC1=CC(=O)C2=C(C1=O)[C@@H](c1ccc(O)c3ccccc13)C1=CC[C@@H]3C(=O)NC(=O)[C@@H]3[C@@H]1C2. The number of allylic oxidation sites excluding steroid dienone is 6. The first-order valence-electron chi connectivity index (χ1n) is 11.1. The number of hydrogen-bond acceptors (Lipinski definition) is 5. The minimum absolute atomic E-state index is 0.136. The maximum absolute atomic E-state index is 13.4. The smallest absolute Gasteiger partial charge is 0.231 e. The first kappa shape index (κ1) is 19.9. The lowest BCUT2D eigenvalue weighted by atomic mass is 9.59. The van der Waals surface area contributed by atoms with Gasteiger partial charge < -0.3 is 5.11 Å². The van der Waals surface area contributed by atoms with Crippen LogP contribution in [0.4, 0.5) is 0 Å². The van der Waals surface area contributed by atoms with Crippen molar-refractivity contribution in [3.63, 3.8) is 0 Å². The van der Waals surface area contributed by atoms with Gasteiger partial charge in [0.15, 0.2) is 11.6 Å². The van der Waals surface area contributed by atoms with Crippen LogP contribution >= 0.6 is 0 Å². The molecule has 4 aliphatic rings. The summed E-state index contributed by atoms with van der Waals surface area (Å²) < 4.78 is 0. The molecule has 4 atom stereocenters. The van der Waals surface area contributed by atoms with Crippen molar-refractivity contribution in [3.05, 3.63) is 76.4 Å². The number of rotatable bonds is 1. The van der Waals surface area contributed by atoms with E-state index in [9.17, 15) is 24.3 Å². The van der Waals surface area contributed by atoms with Gasteiger partial charge in [0.05, 0.1) is 11.8 Å². The van der Waals surface area contributed by atoms with Crippen LogP contribution in [-0.4, -0.2) is 28.5 Å². The van der Waals surface area contributed by atoms with Crippen molar-refractivity contribution >= 4 is 34.2 Å². The van der Waals surface area contributed by atoms with Gasteiger partial charge in [-0.3, -0.25) is 24.5 Å². The summed E-state index contributed by atoms with van der Waals surface area (Å²) in [4.78, 5) is 51.6. The molecular formula is C27H21NO5. The van der Waals surface area contributed by atoms with Gasteiger partial charge in [-0.05, 0) is 48.8 Å². The fourth-order valence-electron chi connectivity index (χ4n) is 6.19.